The quantitative estimate of drug-likeness (QED) is 0.327. The number of nitro groups is 1. The van der Waals surface area contributed by atoms with Gasteiger partial charge >= 0.3 is 11.7 Å². The number of rotatable bonds is 8. The number of carbonyl (C=O) groups is 2. The minimum absolute atomic E-state index is 0.0189. The van der Waals surface area contributed by atoms with Crippen LogP contribution < -0.4 is 10.1 Å². The highest BCUT2D eigenvalue weighted by atomic mass is 32.2. The Morgan fingerprint density at radius 2 is 1.77 bits per heavy atom. The monoisotopic (exact) mass is 505 g/mol. The van der Waals surface area contributed by atoms with Crippen LogP contribution in [0.25, 0.3) is 0 Å². The number of methoxy groups -OCH3 is 1. The molecule has 188 valence electrons. The van der Waals surface area contributed by atoms with Crippen LogP contribution in [0.3, 0.4) is 0 Å². The van der Waals surface area contributed by atoms with E-state index in [1.165, 1.54) is 29.6 Å². The fraction of sp³-hybridized carbons (Fsp3) is 0.391. The first-order valence-corrected chi connectivity index (χ1v) is 12.5. The van der Waals surface area contributed by atoms with E-state index in [1.54, 1.807) is 19.1 Å². The molecule has 35 heavy (non-hydrogen) atoms. The lowest BCUT2D eigenvalue weighted by molar-refractivity contribution is -0.385. The van der Waals surface area contributed by atoms with E-state index in [4.69, 9.17) is 9.47 Å². The summed E-state index contributed by atoms with van der Waals surface area (Å²) >= 11 is 0. The highest BCUT2D eigenvalue weighted by Gasteiger charge is 2.27. The van der Waals surface area contributed by atoms with Crippen molar-refractivity contribution >= 4 is 33.3 Å². The van der Waals surface area contributed by atoms with E-state index in [-0.39, 0.29) is 21.9 Å². The fourth-order valence-electron chi connectivity index (χ4n) is 3.75. The van der Waals surface area contributed by atoms with Gasteiger partial charge in [0.1, 0.15) is 0 Å². The second kappa shape index (κ2) is 11.3. The lowest BCUT2D eigenvalue weighted by Crippen LogP contribution is -2.32. The van der Waals surface area contributed by atoms with Crippen LogP contribution in [-0.4, -0.2) is 56.3 Å². The lowest BCUT2D eigenvalue weighted by Gasteiger charge is -2.21. The molecule has 0 aliphatic carbocycles. The average Bonchev–Trinajstić information content (AvgIpc) is 3.13. The number of esters is 1. The maximum absolute atomic E-state index is 13.2. The molecule has 0 atom stereocenters. The summed E-state index contributed by atoms with van der Waals surface area (Å²) in [6.07, 6.45) is 3.59. The van der Waals surface area contributed by atoms with Crippen LogP contribution in [0.2, 0.25) is 0 Å². The van der Waals surface area contributed by atoms with Gasteiger partial charge in [0.25, 0.3) is 5.91 Å². The van der Waals surface area contributed by atoms with Gasteiger partial charge in [-0.2, -0.15) is 4.31 Å². The molecule has 1 heterocycles. The van der Waals surface area contributed by atoms with Crippen molar-refractivity contribution in [2.24, 2.45) is 0 Å². The number of aryl methyl sites for hydroxylation is 1. The number of amides is 1. The van der Waals surface area contributed by atoms with Crippen molar-refractivity contribution in [3.63, 3.8) is 0 Å². The van der Waals surface area contributed by atoms with Crippen molar-refractivity contribution in [1.82, 2.24) is 4.31 Å². The van der Waals surface area contributed by atoms with Crippen LogP contribution in [0.4, 0.5) is 11.4 Å². The molecule has 1 aliphatic heterocycles. The highest BCUT2D eigenvalue weighted by Crippen LogP contribution is 2.28. The summed E-state index contributed by atoms with van der Waals surface area (Å²) < 4.78 is 37.7. The van der Waals surface area contributed by atoms with Crippen LogP contribution in [0.15, 0.2) is 41.3 Å². The molecule has 1 aliphatic rings. The number of sulfonamides is 1. The molecule has 0 bridgehead atoms. The zero-order valence-corrected chi connectivity index (χ0v) is 20.3. The minimum atomic E-state index is -3.72. The van der Waals surface area contributed by atoms with Crippen LogP contribution in [-0.2, 0) is 19.6 Å². The smallest absolute Gasteiger partial charge is 0.338 e. The van der Waals surface area contributed by atoms with E-state index in [0.717, 1.165) is 31.7 Å². The van der Waals surface area contributed by atoms with Crippen molar-refractivity contribution < 1.29 is 32.4 Å². The van der Waals surface area contributed by atoms with E-state index in [9.17, 15) is 28.1 Å². The second-order valence-electron chi connectivity index (χ2n) is 8.07. The van der Waals surface area contributed by atoms with E-state index in [1.807, 2.05) is 0 Å². The molecule has 1 saturated heterocycles. The Bertz CT molecular complexity index is 1220. The molecule has 12 heteroatoms. The number of nitrogens with one attached hydrogen (secondary N) is 1. The summed E-state index contributed by atoms with van der Waals surface area (Å²) in [5.41, 5.74) is 0.264. The maximum Gasteiger partial charge on any atom is 0.338 e. The van der Waals surface area contributed by atoms with E-state index in [0.29, 0.717) is 18.7 Å². The van der Waals surface area contributed by atoms with Crippen molar-refractivity contribution in [2.75, 3.05) is 32.1 Å². The van der Waals surface area contributed by atoms with E-state index in [2.05, 4.69) is 5.32 Å². The molecule has 1 amide bonds. The van der Waals surface area contributed by atoms with Gasteiger partial charge in [0.15, 0.2) is 12.4 Å². The molecular formula is C23H27N3O8S. The summed E-state index contributed by atoms with van der Waals surface area (Å²) in [6.45, 7) is 1.93. The Morgan fingerprint density at radius 3 is 2.40 bits per heavy atom. The summed E-state index contributed by atoms with van der Waals surface area (Å²) in [7, 11) is -2.46. The number of hydrogen-bond donors (Lipinski definition) is 1. The maximum atomic E-state index is 13.2. The van der Waals surface area contributed by atoms with Gasteiger partial charge in [-0.25, -0.2) is 13.2 Å². The van der Waals surface area contributed by atoms with Crippen molar-refractivity contribution in [2.45, 2.75) is 37.5 Å². The fourth-order valence-corrected chi connectivity index (χ4v) is 5.52. The molecule has 0 spiro atoms. The molecule has 11 nitrogen and oxygen atoms in total. The van der Waals surface area contributed by atoms with Crippen molar-refractivity contribution in [3.8, 4) is 5.75 Å². The molecule has 2 aromatic carbocycles. The standard InChI is InChI=1S/C23H27N3O8S/c1-16-7-9-18(14-21(16)35(31,32)25-11-5-3-4-6-12-25)24-22(27)15-34-23(28)17-8-10-20(33-2)19(13-17)26(29)30/h7-10,13-14H,3-6,11-12,15H2,1-2H3,(H,24,27). The zero-order valence-electron chi connectivity index (χ0n) is 19.5. The van der Waals surface area contributed by atoms with Crippen molar-refractivity contribution in [1.29, 1.82) is 0 Å². The number of nitro benzene ring substituents is 1. The number of benzene rings is 2. The van der Waals surface area contributed by atoms with Crippen LogP contribution >= 0.6 is 0 Å². The van der Waals surface area contributed by atoms with Gasteiger partial charge in [0.2, 0.25) is 10.0 Å². The molecule has 0 saturated carbocycles. The molecular weight excluding hydrogens is 478 g/mol. The third-order valence-electron chi connectivity index (χ3n) is 5.60. The molecule has 0 aromatic heterocycles. The SMILES string of the molecule is COc1ccc(C(=O)OCC(=O)Nc2ccc(C)c(S(=O)(=O)N3CCCCCC3)c2)cc1[N+](=O)[O-]. The Labute approximate surface area is 203 Å². The molecule has 3 rings (SSSR count). The first kappa shape index (κ1) is 26.1. The molecule has 1 N–H and O–H groups in total. The lowest BCUT2D eigenvalue weighted by atomic mass is 10.2. The largest absolute Gasteiger partial charge is 0.490 e. The number of carbonyl (C=O) groups excluding carboxylic acids is 2. The Morgan fingerprint density at radius 1 is 1.09 bits per heavy atom. The van der Waals surface area contributed by atoms with Gasteiger partial charge in [-0.1, -0.05) is 18.9 Å². The van der Waals surface area contributed by atoms with E-state index < -0.39 is 39.1 Å². The predicted molar refractivity (Wildman–Crippen MR) is 127 cm³/mol. The van der Waals surface area contributed by atoms with Gasteiger partial charge in [-0.15, -0.1) is 0 Å². The third-order valence-corrected chi connectivity index (χ3v) is 7.64. The Hall–Kier alpha value is -3.51. The topological polar surface area (TPSA) is 145 Å². The number of hydrogen-bond acceptors (Lipinski definition) is 8. The Kier molecular flexibility index (Phi) is 8.41. The summed E-state index contributed by atoms with van der Waals surface area (Å²) in [6, 6.07) is 8.09. The van der Waals surface area contributed by atoms with Crippen molar-refractivity contribution in [3.05, 3.63) is 57.6 Å². The van der Waals surface area contributed by atoms with Crippen LogP contribution in [0.5, 0.6) is 5.75 Å². The number of anilines is 1. The minimum Gasteiger partial charge on any atom is -0.490 e. The highest BCUT2D eigenvalue weighted by molar-refractivity contribution is 7.89. The van der Waals surface area contributed by atoms with Crippen LogP contribution in [0, 0.1) is 17.0 Å². The average molecular weight is 506 g/mol. The molecule has 2 aromatic rings. The summed E-state index contributed by atoms with van der Waals surface area (Å²) in [4.78, 5) is 35.1. The summed E-state index contributed by atoms with van der Waals surface area (Å²) in [5, 5.41) is 13.7. The third kappa shape index (κ3) is 6.34. The van der Waals surface area contributed by atoms with Gasteiger partial charge < -0.3 is 14.8 Å². The van der Waals surface area contributed by atoms with Gasteiger partial charge in [0, 0.05) is 24.8 Å². The first-order chi connectivity index (χ1) is 16.6. The van der Waals surface area contributed by atoms with Gasteiger partial charge in [-0.05, 0) is 49.6 Å². The van der Waals surface area contributed by atoms with Crippen LogP contribution in [0.1, 0.15) is 41.6 Å². The van der Waals surface area contributed by atoms with Gasteiger partial charge in [-0.3, -0.25) is 14.9 Å². The number of nitrogens with zero attached hydrogens (tertiary/aromatic N) is 2. The molecule has 0 unspecified atom stereocenters. The van der Waals surface area contributed by atoms with E-state index >= 15 is 0 Å². The predicted octanol–water partition coefficient (Wildman–Crippen LogP) is 3.27. The zero-order chi connectivity index (χ0) is 25.6. The Balaban J connectivity index is 1.67. The molecule has 1 fully saturated rings. The number of ether oxygens (including phenoxy) is 2. The first-order valence-electron chi connectivity index (χ1n) is 11.0. The van der Waals surface area contributed by atoms with Gasteiger partial charge in [0.05, 0.1) is 22.5 Å². The second-order valence-corrected chi connectivity index (χ2v) is 9.97. The molecule has 0 radical (unpaired) electrons. The normalized spacial score (nSPS) is 14.6. The summed E-state index contributed by atoms with van der Waals surface area (Å²) in [5.74, 6) is -1.64.